The lowest BCUT2D eigenvalue weighted by Gasteiger charge is -2.38. The molecule has 1 aromatic rings. The number of unbranched alkanes of at least 4 members (excludes halogenated alkanes) is 1. The van der Waals surface area contributed by atoms with E-state index in [0.717, 1.165) is 37.0 Å². The molecule has 2 aliphatic rings. The van der Waals surface area contributed by atoms with Crippen molar-refractivity contribution in [3.8, 4) is 5.75 Å². The van der Waals surface area contributed by atoms with Crippen LogP contribution in [0.3, 0.4) is 0 Å². The monoisotopic (exact) mass is 517 g/mol. The molecule has 2 fully saturated rings. The van der Waals surface area contributed by atoms with Gasteiger partial charge in [-0.1, -0.05) is 30.6 Å². The Bertz CT molecular complexity index is 938. The van der Waals surface area contributed by atoms with Crippen molar-refractivity contribution < 1.29 is 27.3 Å². The Morgan fingerprint density at radius 1 is 1.15 bits per heavy atom. The van der Waals surface area contributed by atoms with Gasteiger partial charge in [0.15, 0.2) is 16.2 Å². The lowest BCUT2D eigenvalue weighted by atomic mass is 9.98. The number of ether oxygens (including phenoxy) is 2. The smallest absolute Gasteiger partial charge is 0.232 e. The number of amides is 1. The van der Waals surface area contributed by atoms with Crippen molar-refractivity contribution in [2.24, 2.45) is 5.73 Å². The van der Waals surface area contributed by atoms with Crippen LogP contribution in [0, 0.1) is 0 Å². The predicted octanol–water partition coefficient (Wildman–Crippen LogP) is 4.63. The second-order valence-corrected chi connectivity index (χ2v) is 17.3. The Morgan fingerprint density at radius 3 is 2.39 bits per heavy atom. The molecule has 3 rings (SSSR count). The topological polar surface area (TPSA) is 113 Å². The summed E-state index contributed by atoms with van der Waals surface area (Å²) >= 11 is 1.21. The lowest BCUT2D eigenvalue weighted by Crippen LogP contribution is -2.47. The molecule has 0 bridgehead atoms. The molecule has 1 amide bonds. The summed E-state index contributed by atoms with van der Waals surface area (Å²) in [6.45, 7) is 2.86. The van der Waals surface area contributed by atoms with Gasteiger partial charge in [0.25, 0.3) is 0 Å². The van der Waals surface area contributed by atoms with Crippen LogP contribution in [0.1, 0.15) is 57.8 Å². The van der Waals surface area contributed by atoms with E-state index in [2.05, 4.69) is 0 Å². The number of benzene rings is 1. The highest BCUT2D eigenvalue weighted by Gasteiger charge is 2.51. The molecule has 0 aromatic heterocycles. The van der Waals surface area contributed by atoms with E-state index < -0.39 is 27.2 Å². The van der Waals surface area contributed by atoms with E-state index in [1.54, 1.807) is 6.66 Å². The van der Waals surface area contributed by atoms with E-state index in [4.69, 9.17) is 15.2 Å². The first-order valence-electron chi connectivity index (χ1n) is 11.8. The van der Waals surface area contributed by atoms with Crippen LogP contribution in [0.2, 0.25) is 0 Å². The Kier molecular flexibility index (Phi) is 9.35. The van der Waals surface area contributed by atoms with Gasteiger partial charge in [-0.2, -0.15) is 0 Å². The highest BCUT2D eigenvalue weighted by molar-refractivity contribution is 8.58. The number of carbonyl (C=O) groups excluding carboxylic acids is 1. The van der Waals surface area contributed by atoms with Crippen molar-refractivity contribution in [2.75, 3.05) is 32.2 Å². The zero-order valence-electron chi connectivity index (χ0n) is 19.4. The fourth-order valence-corrected chi connectivity index (χ4v) is 11.8. The van der Waals surface area contributed by atoms with Gasteiger partial charge >= 0.3 is 0 Å². The summed E-state index contributed by atoms with van der Waals surface area (Å²) in [4.78, 5) is 13.0. The van der Waals surface area contributed by atoms with Crippen LogP contribution in [0.5, 0.6) is 5.75 Å². The summed E-state index contributed by atoms with van der Waals surface area (Å²) in [6, 6.07) is 7.28. The molecule has 186 valence electrons. The van der Waals surface area contributed by atoms with Crippen LogP contribution in [-0.4, -0.2) is 57.0 Å². The fourth-order valence-electron chi connectivity index (χ4n) is 4.63. The summed E-state index contributed by atoms with van der Waals surface area (Å²) in [5, 5.41) is -1.19. The first-order valence-corrected chi connectivity index (χ1v) is 17.0. The standard InChI is InChI=1S/C23H36NO6PS2/c1-31(26,23(22(24)25)13-16-29-17-14-23)32-20-11-9-19(10-12-20)30-15-5-6-18-33(27,28)21-7-3-2-4-8-21/h9-12,21H,2-8,13-18H2,1H3,(H2,24,25). The van der Waals surface area contributed by atoms with Gasteiger partial charge in [0.05, 0.1) is 17.6 Å². The second kappa shape index (κ2) is 11.6. The summed E-state index contributed by atoms with van der Waals surface area (Å²) in [5.74, 6) is 0.389. The molecule has 1 saturated carbocycles. The molecule has 1 heterocycles. The van der Waals surface area contributed by atoms with Crippen molar-refractivity contribution in [3.05, 3.63) is 24.3 Å². The molecule has 33 heavy (non-hydrogen) atoms. The molecular formula is C23H36NO6PS2. The van der Waals surface area contributed by atoms with Crippen LogP contribution in [0.15, 0.2) is 29.2 Å². The number of nitrogens with two attached hydrogens (primary N) is 1. The molecule has 7 nitrogen and oxygen atoms in total. The predicted molar refractivity (Wildman–Crippen MR) is 133 cm³/mol. The average Bonchev–Trinajstić information content (AvgIpc) is 2.80. The maximum Gasteiger partial charge on any atom is 0.232 e. The summed E-state index contributed by atoms with van der Waals surface area (Å²) in [5.41, 5.74) is 5.68. The minimum atomic E-state index is -3.00. The maximum atomic E-state index is 13.6. The number of hydrogen-bond donors (Lipinski definition) is 1. The van der Waals surface area contributed by atoms with E-state index in [1.165, 1.54) is 11.4 Å². The minimum absolute atomic E-state index is 0.151. The van der Waals surface area contributed by atoms with E-state index in [1.807, 2.05) is 24.3 Å². The number of carbonyl (C=O) groups is 1. The second-order valence-electron chi connectivity index (χ2n) is 9.10. The quantitative estimate of drug-likeness (QED) is 0.336. The van der Waals surface area contributed by atoms with Gasteiger partial charge in [0.2, 0.25) is 5.91 Å². The maximum absolute atomic E-state index is 13.6. The van der Waals surface area contributed by atoms with Crippen LogP contribution >= 0.6 is 17.7 Å². The van der Waals surface area contributed by atoms with Gasteiger partial charge in [-0.05, 0) is 69.5 Å². The van der Waals surface area contributed by atoms with Gasteiger partial charge in [0, 0.05) is 18.1 Å². The minimum Gasteiger partial charge on any atom is -0.494 e. The Hall–Kier alpha value is -1.02. The van der Waals surface area contributed by atoms with E-state index in [-0.39, 0.29) is 11.0 Å². The number of hydrogen-bond acceptors (Lipinski definition) is 7. The Balaban J connectivity index is 1.46. The highest BCUT2D eigenvalue weighted by atomic mass is 32.7. The Morgan fingerprint density at radius 2 is 1.79 bits per heavy atom. The zero-order chi connectivity index (χ0) is 24.0. The van der Waals surface area contributed by atoms with Crippen molar-refractivity contribution in [1.29, 1.82) is 0 Å². The molecule has 1 aromatic carbocycles. The van der Waals surface area contributed by atoms with Crippen LogP contribution < -0.4 is 10.5 Å². The van der Waals surface area contributed by atoms with E-state index in [0.29, 0.717) is 51.3 Å². The van der Waals surface area contributed by atoms with Crippen LogP contribution in [-0.2, 0) is 23.9 Å². The van der Waals surface area contributed by atoms with Crippen molar-refractivity contribution in [3.63, 3.8) is 0 Å². The van der Waals surface area contributed by atoms with Gasteiger partial charge in [-0.25, -0.2) is 8.42 Å². The molecule has 2 N–H and O–H groups in total. The molecule has 1 atom stereocenters. The first kappa shape index (κ1) is 26.6. The van der Waals surface area contributed by atoms with Crippen LogP contribution in [0.4, 0.5) is 0 Å². The Labute approximate surface area is 201 Å². The molecule has 1 saturated heterocycles. The molecule has 1 aliphatic carbocycles. The number of rotatable bonds is 11. The normalized spacial score (nSPS) is 21.2. The molecule has 0 spiro atoms. The third kappa shape index (κ3) is 6.77. The summed E-state index contributed by atoms with van der Waals surface area (Å²) in [7, 11) is -3.00. The molecule has 1 aliphatic heterocycles. The third-order valence-electron chi connectivity index (χ3n) is 6.81. The van der Waals surface area contributed by atoms with E-state index >= 15 is 0 Å². The van der Waals surface area contributed by atoms with Crippen LogP contribution in [0.25, 0.3) is 0 Å². The third-order valence-corrected chi connectivity index (χ3v) is 14.9. The first-order chi connectivity index (χ1) is 15.7. The number of sulfone groups is 1. The molecular weight excluding hydrogens is 481 g/mol. The largest absolute Gasteiger partial charge is 0.494 e. The van der Waals surface area contributed by atoms with Crippen molar-refractivity contribution in [1.82, 2.24) is 0 Å². The fraction of sp³-hybridized carbons (Fsp3) is 0.696. The summed E-state index contributed by atoms with van der Waals surface area (Å²) in [6.07, 6.45) is 3.85. The average molecular weight is 518 g/mol. The van der Waals surface area contributed by atoms with E-state index in [9.17, 15) is 17.8 Å². The van der Waals surface area contributed by atoms with Crippen molar-refractivity contribution >= 4 is 33.5 Å². The van der Waals surface area contributed by atoms with Crippen molar-refractivity contribution in [2.45, 2.75) is 73.1 Å². The zero-order valence-corrected chi connectivity index (χ0v) is 21.9. The van der Waals surface area contributed by atoms with Gasteiger partial charge in [0.1, 0.15) is 10.9 Å². The van der Waals surface area contributed by atoms with Gasteiger partial charge < -0.3 is 19.8 Å². The van der Waals surface area contributed by atoms with Gasteiger partial charge in [-0.3, -0.25) is 4.79 Å². The number of primary amides is 1. The molecule has 1 unspecified atom stereocenters. The summed E-state index contributed by atoms with van der Waals surface area (Å²) < 4.78 is 49.6. The lowest BCUT2D eigenvalue weighted by molar-refractivity contribution is -0.122. The molecule has 0 radical (unpaired) electrons. The SMILES string of the molecule is CP(=O)(Sc1ccc(OCCCCS(=O)(=O)C2CCCCC2)cc1)C1(C(N)=O)CCOCC1. The highest BCUT2D eigenvalue weighted by Crippen LogP contribution is 2.70. The molecule has 10 heteroatoms. The van der Waals surface area contributed by atoms with Gasteiger partial charge in [-0.15, -0.1) is 0 Å².